The molecule has 0 atom stereocenters. The van der Waals surface area contributed by atoms with Gasteiger partial charge in [-0.1, -0.05) is 12.1 Å². The Bertz CT molecular complexity index is 776. The summed E-state index contributed by atoms with van der Waals surface area (Å²) in [5, 5.41) is 2.92. The minimum atomic E-state index is -3.10. The molecule has 8 heteroatoms. The van der Waals surface area contributed by atoms with Crippen molar-refractivity contribution >= 4 is 21.6 Å². The van der Waals surface area contributed by atoms with E-state index in [1.165, 1.54) is 15.6 Å². The van der Waals surface area contributed by atoms with Crippen molar-refractivity contribution in [2.75, 3.05) is 63.0 Å². The summed E-state index contributed by atoms with van der Waals surface area (Å²) in [6.45, 7) is 8.96. The minimum Gasteiger partial charge on any atom is -0.369 e. The number of unbranched alkanes of at least 4 members (excludes halogenated alkanes) is 1. The van der Waals surface area contributed by atoms with Gasteiger partial charge in [0.15, 0.2) is 0 Å². The number of hydrogen-bond donors (Lipinski definition) is 1. The van der Waals surface area contributed by atoms with Gasteiger partial charge in [0.05, 0.1) is 5.75 Å². The van der Waals surface area contributed by atoms with Crippen LogP contribution < -0.4 is 10.2 Å². The monoisotopic (exact) mass is 422 g/mol. The van der Waals surface area contributed by atoms with Crippen molar-refractivity contribution in [2.45, 2.75) is 32.6 Å². The molecule has 0 aromatic heterocycles. The van der Waals surface area contributed by atoms with Crippen molar-refractivity contribution in [2.24, 2.45) is 0 Å². The van der Waals surface area contributed by atoms with Crippen LogP contribution in [0.15, 0.2) is 24.3 Å². The van der Waals surface area contributed by atoms with E-state index < -0.39 is 10.0 Å². The van der Waals surface area contributed by atoms with E-state index in [1.807, 2.05) is 0 Å². The predicted molar refractivity (Wildman–Crippen MR) is 117 cm³/mol. The molecular formula is C21H34N4O3S. The van der Waals surface area contributed by atoms with Gasteiger partial charge in [-0.15, -0.1) is 0 Å². The fraction of sp³-hybridized carbons (Fsp3) is 0.667. The standard InChI is InChI=1S/C21H34N4O3S/c1-19-6-4-7-20(18-19)24-15-13-23(14-16-24)10-3-2-9-22-21(26)8-12-25-11-5-17-29(25,27)28/h4,6-7,18H,2-3,5,8-17H2,1H3,(H,22,26). The largest absolute Gasteiger partial charge is 0.369 e. The van der Waals surface area contributed by atoms with Gasteiger partial charge in [0.2, 0.25) is 15.9 Å². The van der Waals surface area contributed by atoms with Crippen LogP contribution in [0.2, 0.25) is 0 Å². The van der Waals surface area contributed by atoms with Gasteiger partial charge in [-0.25, -0.2) is 12.7 Å². The van der Waals surface area contributed by atoms with E-state index in [-0.39, 0.29) is 18.1 Å². The van der Waals surface area contributed by atoms with Crippen LogP contribution >= 0.6 is 0 Å². The van der Waals surface area contributed by atoms with Crippen LogP contribution in [0.5, 0.6) is 0 Å². The Morgan fingerprint density at radius 3 is 2.55 bits per heavy atom. The molecule has 162 valence electrons. The van der Waals surface area contributed by atoms with Gasteiger partial charge in [-0.3, -0.25) is 9.69 Å². The van der Waals surface area contributed by atoms with Gasteiger partial charge < -0.3 is 10.2 Å². The highest BCUT2D eigenvalue weighted by Crippen LogP contribution is 2.18. The number of piperazine rings is 1. The average molecular weight is 423 g/mol. The number of benzene rings is 1. The fourth-order valence-corrected chi connectivity index (χ4v) is 5.53. The molecule has 1 amide bonds. The third kappa shape index (κ3) is 6.69. The third-order valence-electron chi connectivity index (χ3n) is 5.75. The number of carbonyl (C=O) groups excluding carboxylic acids is 1. The first kappa shape index (κ1) is 22.1. The summed E-state index contributed by atoms with van der Waals surface area (Å²) in [5.74, 6) is 0.160. The first-order valence-corrected chi connectivity index (χ1v) is 12.3. The molecule has 0 aliphatic carbocycles. The van der Waals surface area contributed by atoms with Crippen LogP contribution in [0.3, 0.4) is 0 Å². The van der Waals surface area contributed by atoms with E-state index in [2.05, 4.69) is 46.3 Å². The Morgan fingerprint density at radius 1 is 1.07 bits per heavy atom. The molecule has 2 aliphatic heterocycles. The molecule has 2 fully saturated rings. The fourth-order valence-electron chi connectivity index (χ4n) is 4.00. The first-order chi connectivity index (χ1) is 13.9. The number of amides is 1. The van der Waals surface area contributed by atoms with Gasteiger partial charge in [-0.2, -0.15) is 0 Å². The van der Waals surface area contributed by atoms with Crippen LogP contribution in [-0.4, -0.2) is 81.6 Å². The van der Waals surface area contributed by atoms with Gasteiger partial charge in [-0.05, 0) is 50.4 Å². The van der Waals surface area contributed by atoms with E-state index in [1.54, 1.807) is 0 Å². The highest BCUT2D eigenvalue weighted by atomic mass is 32.2. The Kier molecular flexibility index (Phi) is 7.91. The lowest BCUT2D eigenvalue weighted by molar-refractivity contribution is -0.121. The zero-order valence-electron chi connectivity index (χ0n) is 17.5. The summed E-state index contributed by atoms with van der Waals surface area (Å²) in [6, 6.07) is 8.68. The van der Waals surface area contributed by atoms with Crippen LogP contribution in [0.25, 0.3) is 0 Å². The second kappa shape index (κ2) is 10.4. The third-order valence-corrected chi connectivity index (χ3v) is 7.71. The number of nitrogens with one attached hydrogen (secondary N) is 1. The lowest BCUT2D eigenvalue weighted by Crippen LogP contribution is -2.46. The lowest BCUT2D eigenvalue weighted by atomic mass is 10.2. The van der Waals surface area contributed by atoms with Gasteiger partial charge in [0, 0.05) is 57.9 Å². The van der Waals surface area contributed by atoms with Crippen molar-refractivity contribution in [1.29, 1.82) is 0 Å². The molecular weight excluding hydrogens is 388 g/mol. The molecule has 2 saturated heterocycles. The maximum Gasteiger partial charge on any atom is 0.221 e. The first-order valence-electron chi connectivity index (χ1n) is 10.7. The number of aryl methyl sites for hydroxylation is 1. The van der Waals surface area contributed by atoms with E-state index in [0.717, 1.165) is 45.6 Å². The highest BCUT2D eigenvalue weighted by molar-refractivity contribution is 7.89. The van der Waals surface area contributed by atoms with E-state index in [4.69, 9.17) is 0 Å². The van der Waals surface area contributed by atoms with Crippen molar-refractivity contribution in [3.05, 3.63) is 29.8 Å². The average Bonchev–Trinajstić information content (AvgIpc) is 3.04. The Balaban J connectivity index is 1.24. The summed E-state index contributed by atoms with van der Waals surface area (Å²) >= 11 is 0. The molecule has 3 rings (SSSR count). The molecule has 0 bridgehead atoms. The minimum absolute atomic E-state index is 0.0566. The molecule has 0 spiro atoms. The number of hydrogen-bond acceptors (Lipinski definition) is 5. The second-order valence-corrected chi connectivity index (χ2v) is 10.1. The highest BCUT2D eigenvalue weighted by Gasteiger charge is 2.28. The summed E-state index contributed by atoms with van der Waals surface area (Å²) < 4.78 is 24.9. The van der Waals surface area contributed by atoms with Crippen molar-refractivity contribution < 1.29 is 13.2 Å². The molecule has 2 heterocycles. The smallest absolute Gasteiger partial charge is 0.221 e. The van der Waals surface area contributed by atoms with Crippen LogP contribution in [-0.2, 0) is 14.8 Å². The Labute approximate surface area is 175 Å². The molecule has 29 heavy (non-hydrogen) atoms. The van der Waals surface area contributed by atoms with Crippen LogP contribution in [0.1, 0.15) is 31.2 Å². The predicted octanol–water partition coefficient (Wildman–Crippen LogP) is 1.44. The molecule has 0 radical (unpaired) electrons. The Hall–Kier alpha value is -1.64. The number of rotatable bonds is 9. The number of carbonyl (C=O) groups is 1. The summed E-state index contributed by atoms with van der Waals surface area (Å²) in [5.41, 5.74) is 2.61. The second-order valence-electron chi connectivity index (χ2n) is 8.04. The zero-order chi connectivity index (χ0) is 20.7. The van der Waals surface area contributed by atoms with Gasteiger partial charge >= 0.3 is 0 Å². The molecule has 0 unspecified atom stereocenters. The number of nitrogens with zero attached hydrogens (tertiary/aromatic N) is 3. The molecule has 0 saturated carbocycles. The van der Waals surface area contributed by atoms with Crippen molar-refractivity contribution in [1.82, 2.24) is 14.5 Å². The molecule has 7 nitrogen and oxygen atoms in total. The van der Waals surface area contributed by atoms with Gasteiger partial charge in [0.25, 0.3) is 0 Å². The topological polar surface area (TPSA) is 73.0 Å². The van der Waals surface area contributed by atoms with Crippen molar-refractivity contribution in [3.8, 4) is 0 Å². The maximum atomic E-state index is 11.9. The maximum absolute atomic E-state index is 11.9. The lowest BCUT2D eigenvalue weighted by Gasteiger charge is -2.36. The van der Waals surface area contributed by atoms with Crippen molar-refractivity contribution in [3.63, 3.8) is 0 Å². The molecule has 1 aromatic carbocycles. The normalized spacial score (nSPS) is 20.1. The van der Waals surface area contributed by atoms with E-state index in [0.29, 0.717) is 26.1 Å². The van der Waals surface area contributed by atoms with Crippen LogP contribution in [0, 0.1) is 6.92 Å². The number of sulfonamides is 1. The quantitative estimate of drug-likeness (QED) is 0.610. The summed E-state index contributed by atoms with van der Waals surface area (Å²) in [7, 11) is -3.10. The van der Waals surface area contributed by atoms with Gasteiger partial charge in [0.1, 0.15) is 0 Å². The summed E-state index contributed by atoms with van der Waals surface area (Å²) in [6.07, 6.45) is 2.93. The zero-order valence-corrected chi connectivity index (χ0v) is 18.3. The number of anilines is 1. The van der Waals surface area contributed by atoms with E-state index in [9.17, 15) is 13.2 Å². The Morgan fingerprint density at radius 2 is 1.86 bits per heavy atom. The molecule has 1 aromatic rings. The summed E-state index contributed by atoms with van der Waals surface area (Å²) in [4.78, 5) is 16.9. The van der Waals surface area contributed by atoms with Crippen LogP contribution in [0.4, 0.5) is 5.69 Å². The molecule has 1 N–H and O–H groups in total. The SMILES string of the molecule is Cc1cccc(N2CCN(CCCCNC(=O)CCN3CCCS3(=O)=O)CC2)c1. The van der Waals surface area contributed by atoms with E-state index >= 15 is 0 Å². The molecule has 2 aliphatic rings.